The summed E-state index contributed by atoms with van der Waals surface area (Å²) in [5, 5.41) is 3.00. The predicted octanol–water partition coefficient (Wildman–Crippen LogP) is -0.0239. The molecular weight excluding hydrogens is 280 g/mol. The number of nitrogens with one attached hydrogen (secondary N) is 1. The van der Waals surface area contributed by atoms with Crippen LogP contribution in [0.2, 0.25) is 0 Å². The minimum Gasteiger partial charge on any atom is -0.384 e. The average molecular weight is 298 g/mol. The van der Waals surface area contributed by atoms with Crippen molar-refractivity contribution in [2.24, 2.45) is 0 Å². The second kappa shape index (κ2) is 5.76. The number of hydrogen-bond donors (Lipinski definition) is 1. The standard InChI is InChI=1S/C12H18N4O3S/c1-3-14-10-4-5-13-8-11(10)20(18,19)16-7-6-15(2)12(17)9-16/h4-5,8H,3,6-7,9H2,1-2H3,(H,13,14). The van der Waals surface area contributed by atoms with E-state index in [0.29, 0.717) is 25.3 Å². The third-order valence-corrected chi connectivity index (χ3v) is 5.06. The molecule has 1 aliphatic rings. The minimum atomic E-state index is -3.71. The Morgan fingerprint density at radius 1 is 1.40 bits per heavy atom. The molecule has 0 bridgehead atoms. The lowest BCUT2D eigenvalue weighted by molar-refractivity contribution is -0.132. The topological polar surface area (TPSA) is 82.6 Å². The first-order valence-corrected chi connectivity index (χ1v) is 7.83. The van der Waals surface area contributed by atoms with Gasteiger partial charge < -0.3 is 10.2 Å². The van der Waals surface area contributed by atoms with Crippen LogP contribution in [0.25, 0.3) is 0 Å². The van der Waals surface area contributed by atoms with Gasteiger partial charge in [-0.2, -0.15) is 4.31 Å². The van der Waals surface area contributed by atoms with Gasteiger partial charge in [0.15, 0.2) is 0 Å². The summed E-state index contributed by atoms with van der Waals surface area (Å²) in [4.78, 5) is 17.2. The molecule has 1 saturated heterocycles. The molecule has 0 aromatic carbocycles. The molecule has 0 spiro atoms. The molecule has 8 heteroatoms. The number of pyridine rings is 1. The van der Waals surface area contributed by atoms with Gasteiger partial charge in [0.2, 0.25) is 15.9 Å². The van der Waals surface area contributed by atoms with Crippen LogP contribution in [-0.4, -0.2) is 61.7 Å². The first-order valence-electron chi connectivity index (χ1n) is 6.38. The molecule has 0 unspecified atom stereocenters. The van der Waals surface area contributed by atoms with E-state index >= 15 is 0 Å². The first kappa shape index (κ1) is 14.7. The monoisotopic (exact) mass is 298 g/mol. The van der Waals surface area contributed by atoms with Crippen molar-refractivity contribution in [2.75, 3.05) is 38.5 Å². The minimum absolute atomic E-state index is 0.110. The Bertz CT molecular complexity index is 602. The van der Waals surface area contributed by atoms with Gasteiger partial charge in [0.1, 0.15) is 4.90 Å². The molecule has 0 saturated carbocycles. The van der Waals surface area contributed by atoms with Gasteiger partial charge in [-0.15, -0.1) is 0 Å². The van der Waals surface area contributed by atoms with Gasteiger partial charge in [-0.3, -0.25) is 9.78 Å². The SMILES string of the molecule is CCNc1ccncc1S(=O)(=O)N1CCN(C)C(=O)C1. The number of anilines is 1. The number of aromatic nitrogens is 1. The molecule has 20 heavy (non-hydrogen) atoms. The zero-order chi connectivity index (χ0) is 14.8. The number of carbonyl (C=O) groups excluding carboxylic acids is 1. The highest BCUT2D eigenvalue weighted by Crippen LogP contribution is 2.24. The molecule has 1 aromatic rings. The number of hydrogen-bond acceptors (Lipinski definition) is 5. The number of amides is 1. The molecule has 0 atom stereocenters. The number of sulfonamides is 1. The second-order valence-corrected chi connectivity index (χ2v) is 6.46. The van der Waals surface area contributed by atoms with Crippen molar-refractivity contribution in [3.05, 3.63) is 18.5 Å². The maximum absolute atomic E-state index is 12.6. The summed E-state index contributed by atoms with van der Waals surface area (Å²) >= 11 is 0. The number of piperazine rings is 1. The molecule has 2 rings (SSSR count). The van der Waals surface area contributed by atoms with Crippen molar-refractivity contribution >= 4 is 21.6 Å². The van der Waals surface area contributed by atoms with Crippen LogP contribution in [0.1, 0.15) is 6.92 Å². The third-order valence-electron chi connectivity index (χ3n) is 3.19. The fourth-order valence-corrected chi connectivity index (χ4v) is 3.50. The van der Waals surface area contributed by atoms with Crippen LogP contribution < -0.4 is 5.32 Å². The molecule has 7 nitrogen and oxygen atoms in total. The fraction of sp³-hybridized carbons (Fsp3) is 0.500. The van der Waals surface area contributed by atoms with Crippen LogP contribution in [0, 0.1) is 0 Å². The van der Waals surface area contributed by atoms with Crippen molar-refractivity contribution in [3.8, 4) is 0 Å². The summed E-state index contributed by atoms with van der Waals surface area (Å²) in [7, 11) is -2.04. The Morgan fingerprint density at radius 3 is 2.80 bits per heavy atom. The van der Waals surface area contributed by atoms with E-state index in [1.54, 1.807) is 13.1 Å². The highest BCUT2D eigenvalue weighted by molar-refractivity contribution is 7.89. The van der Waals surface area contributed by atoms with E-state index in [-0.39, 0.29) is 17.3 Å². The maximum Gasteiger partial charge on any atom is 0.247 e. The highest BCUT2D eigenvalue weighted by Gasteiger charge is 2.32. The van der Waals surface area contributed by atoms with Crippen LogP contribution in [0.5, 0.6) is 0 Å². The summed E-state index contributed by atoms with van der Waals surface area (Å²) in [5.74, 6) is -0.200. The van der Waals surface area contributed by atoms with Crippen molar-refractivity contribution in [2.45, 2.75) is 11.8 Å². The largest absolute Gasteiger partial charge is 0.384 e. The van der Waals surface area contributed by atoms with E-state index < -0.39 is 10.0 Å². The van der Waals surface area contributed by atoms with Crippen molar-refractivity contribution in [1.82, 2.24) is 14.2 Å². The van der Waals surface area contributed by atoms with Gasteiger partial charge in [0.25, 0.3) is 0 Å². The molecule has 0 radical (unpaired) electrons. The van der Waals surface area contributed by atoms with Crippen LogP contribution >= 0.6 is 0 Å². The van der Waals surface area contributed by atoms with Gasteiger partial charge in [-0.25, -0.2) is 8.42 Å². The predicted molar refractivity (Wildman–Crippen MR) is 74.8 cm³/mol. The Balaban J connectivity index is 2.33. The Morgan fingerprint density at radius 2 is 2.15 bits per heavy atom. The zero-order valence-electron chi connectivity index (χ0n) is 11.5. The number of rotatable bonds is 4. The molecule has 1 aromatic heterocycles. The lowest BCUT2D eigenvalue weighted by Gasteiger charge is -2.31. The molecule has 1 aliphatic heterocycles. The smallest absolute Gasteiger partial charge is 0.247 e. The summed E-state index contributed by atoms with van der Waals surface area (Å²) in [5.41, 5.74) is 0.508. The van der Waals surface area contributed by atoms with E-state index in [4.69, 9.17) is 0 Å². The van der Waals surface area contributed by atoms with Crippen LogP contribution in [-0.2, 0) is 14.8 Å². The molecule has 1 N–H and O–H groups in total. The van der Waals surface area contributed by atoms with E-state index in [1.807, 2.05) is 6.92 Å². The van der Waals surface area contributed by atoms with Crippen LogP contribution in [0.3, 0.4) is 0 Å². The zero-order valence-corrected chi connectivity index (χ0v) is 12.4. The molecule has 0 aliphatic carbocycles. The molecule has 110 valence electrons. The normalized spacial score (nSPS) is 17.3. The lowest BCUT2D eigenvalue weighted by atomic mass is 10.4. The summed E-state index contributed by atoms with van der Waals surface area (Å²) in [6.07, 6.45) is 2.85. The van der Waals surface area contributed by atoms with E-state index in [1.165, 1.54) is 21.6 Å². The Kier molecular flexibility index (Phi) is 4.24. The van der Waals surface area contributed by atoms with Crippen molar-refractivity contribution in [1.29, 1.82) is 0 Å². The molecule has 1 fully saturated rings. The number of likely N-dealkylation sites (N-methyl/N-ethyl adjacent to an activating group) is 1. The van der Waals surface area contributed by atoms with Crippen LogP contribution in [0.15, 0.2) is 23.4 Å². The van der Waals surface area contributed by atoms with E-state index in [9.17, 15) is 13.2 Å². The van der Waals surface area contributed by atoms with Crippen molar-refractivity contribution in [3.63, 3.8) is 0 Å². The first-order chi connectivity index (χ1) is 9.46. The molecule has 1 amide bonds. The summed E-state index contributed by atoms with van der Waals surface area (Å²) < 4.78 is 26.4. The van der Waals surface area contributed by atoms with Crippen LogP contribution in [0.4, 0.5) is 5.69 Å². The molecular formula is C12H18N4O3S. The third kappa shape index (κ3) is 2.75. The van der Waals surface area contributed by atoms with Gasteiger partial charge in [-0.05, 0) is 13.0 Å². The van der Waals surface area contributed by atoms with E-state index in [0.717, 1.165) is 0 Å². The quantitative estimate of drug-likeness (QED) is 0.844. The van der Waals surface area contributed by atoms with Gasteiger partial charge in [0, 0.05) is 39.1 Å². The highest BCUT2D eigenvalue weighted by atomic mass is 32.2. The van der Waals surface area contributed by atoms with Gasteiger partial charge >= 0.3 is 0 Å². The average Bonchev–Trinajstić information content (AvgIpc) is 2.42. The van der Waals surface area contributed by atoms with Gasteiger partial charge in [-0.1, -0.05) is 0 Å². The molecule has 2 heterocycles. The second-order valence-electron chi connectivity index (χ2n) is 4.56. The van der Waals surface area contributed by atoms with Gasteiger partial charge in [0.05, 0.1) is 12.2 Å². The Hall–Kier alpha value is -1.67. The number of nitrogens with zero attached hydrogens (tertiary/aromatic N) is 3. The summed E-state index contributed by atoms with van der Waals surface area (Å²) in [6.45, 7) is 3.06. The maximum atomic E-state index is 12.6. The summed E-state index contributed by atoms with van der Waals surface area (Å²) in [6, 6.07) is 1.62. The van der Waals surface area contributed by atoms with Crippen molar-refractivity contribution < 1.29 is 13.2 Å². The number of carbonyl (C=O) groups is 1. The Labute approximate surface area is 118 Å². The lowest BCUT2D eigenvalue weighted by Crippen LogP contribution is -2.50. The van der Waals surface area contributed by atoms with E-state index in [2.05, 4.69) is 10.3 Å². The fourth-order valence-electron chi connectivity index (χ4n) is 2.00.